The Balaban J connectivity index is 2.22. The number of hydrogen-bond donors (Lipinski definition) is 0. The third kappa shape index (κ3) is 2.09. The van der Waals surface area contributed by atoms with E-state index in [0.29, 0.717) is 11.1 Å². The second-order valence-corrected chi connectivity index (χ2v) is 5.32. The first kappa shape index (κ1) is 13.4. The van der Waals surface area contributed by atoms with Crippen LogP contribution in [0.2, 0.25) is 0 Å². The number of allylic oxidation sites excluding steroid dienone is 1. The minimum Gasteiger partial charge on any atom is -0.386 e. The van der Waals surface area contributed by atoms with Gasteiger partial charge in [-0.15, -0.1) is 0 Å². The topological polar surface area (TPSA) is 48.3 Å². The molecule has 2 heterocycles. The van der Waals surface area contributed by atoms with Gasteiger partial charge in [0.25, 0.3) is 0 Å². The van der Waals surface area contributed by atoms with E-state index in [1.54, 1.807) is 19.9 Å². The highest BCUT2D eigenvalue weighted by Crippen LogP contribution is 2.30. The van der Waals surface area contributed by atoms with Crippen LogP contribution in [0.1, 0.15) is 19.4 Å². The summed E-state index contributed by atoms with van der Waals surface area (Å²) in [4.78, 5) is 23.6. The van der Waals surface area contributed by atoms with Crippen LogP contribution in [0.4, 0.5) is 0 Å². The van der Waals surface area contributed by atoms with Gasteiger partial charge < -0.3 is 9.30 Å². The van der Waals surface area contributed by atoms with Crippen molar-refractivity contribution < 1.29 is 14.3 Å². The molecule has 1 aliphatic rings. The average molecular weight is 281 g/mol. The average Bonchev–Trinajstić information content (AvgIpc) is 2.89. The molecule has 0 saturated carbocycles. The monoisotopic (exact) mass is 281 g/mol. The molecule has 106 valence electrons. The molecule has 0 atom stereocenters. The van der Waals surface area contributed by atoms with Crippen LogP contribution in [0.5, 0.6) is 0 Å². The van der Waals surface area contributed by atoms with Gasteiger partial charge in [0.1, 0.15) is 0 Å². The zero-order valence-corrected chi connectivity index (χ0v) is 12.1. The molecule has 2 aromatic rings. The number of rotatable bonds is 1. The Morgan fingerprint density at radius 1 is 1.14 bits per heavy atom. The van der Waals surface area contributed by atoms with Crippen molar-refractivity contribution in [1.82, 2.24) is 4.57 Å². The predicted molar refractivity (Wildman–Crippen MR) is 80.4 cm³/mol. The van der Waals surface area contributed by atoms with Crippen LogP contribution >= 0.6 is 0 Å². The summed E-state index contributed by atoms with van der Waals surface area (Å²) >= 11 is 0. The molecule has 0 bridgehead atoms. The lowest BCUT2D eigenvalue weighted by atomic mass is 10.0. The zero-order chi connectivity index (χ0) is 15.1. The molecule has 4 nitrogen and oxygen atoms in total. The van der Waals surface area contributed by atoms with Crippen molar-refractivity contribution in [1.29, 1.82) is 0 Å². The van der Waals surface area contributed by atoms with Gasteiger partial charge >= 0.3 is 11.9 Å². The molecule has 0 unspecified atom stereocenters. The SMILES string of the molecule is CC(C)=C1C(=O)OC(=O)C1=Cc1cn(C)c2ccccc12. The van der Waals surface area contributed by atoms with E-state index >= 15 is 0 Å². The summed E-state index contributed by atoms with van der Waals surface area (Å²) in [6.45, 7) is 3.60. The van der Waals surface area contributed by atoms with Crippen molar-refractivity contribution in [3.8, 4) is 0 Å². The molecule has 1 fully saturated rings. The molecule has 1 aromatic carbocycles. The molecule has 0 aliphatic carbocycles. The molecular weight excluding hydrogens is 266 g/mol. The summed E-state index contributed by atoms with van der Waals surface area (Å²) in [5.41, 5.74) is 3.44. The van der Waals surface area contributed by atoms with E-state index in [1.807, 2.05) is 42.1 Å². The summed E-state index contributed by atoms with van der Waals surface area (Å²) in [6.07, 6.45) is 3.67. The van der Waals surface area contributed by atoms with Crippen LogP contribution in [-0.2, 0) is 21.4 Å². The number of aromatic nitrogens is 1. The number of fused-ring (bicyclic) bond motifs is 1. The number of benzene rings is 1. The van der Waals surface area contributed by atoms with Crippen LogP contribution in [0.25, 0.3) is 17.0 Å². The Kier molecular flexibility index (Phi) is 3.01. The highest BCUT2D eigenvalue weighted by atomic mass is 16.6. The Labute approximate surface area is 122 Å². The van der Waals surface area contributed by atoms with Crippen molar-refractivity contribution >= 4 is 28.9 Å². The molecule has 0 spiro atoms. The smallest absolute Gasteiger partial charge is 0.346 e. The summed E-state index contributed by atoms with van der Waals surface area (Å²) in [5, 5.41) is 1.03. The minimum absolute atomic E-state index is 0.330. The van der Waals surface area contributed by atoms with Crippen molar-refractivity contribution in [2.24, 2.45) is 7.05 Å². The molecule has 1 aromatic heterocycles. The number of para-hydroxylation sites is 1. The van der Waals surface area contributed by atoms with Gasteiger partial charge in [-0.3, -0.25) is 0 Å². The number of carbonyl (C=O) groups is 2. The van der Waals surface area contributed by atoms with Gasteiger partial charge in [-0.1, -0.05) is 23.8 Å². The van der Waals surface area contributed by atoms with E-state index in [-0.39, 0.29) is 0 Å². The van der Waals surface area contributed by atoms with Crippen molar-refractivity contribution in [2.45, 2.75) is 13.8 Å². The van der Waals surface area contributed by atoms with Crippen LogP contribution in [-0.4, -0.2) is 16.5 Å². The lowest BCUT2D eigenvalue weighted by molar-refractivity contribution is -0.149. The maximum absolute atomic E-state index is 11.9. The maximum atomic E-state index is 11.9. The number of nitrogens with zero attached hydrogens (tertiary/aromatic N) is 1. The quantitative estimate of drug-likeness (QED) is 0.458. The molecule has 0 amide bonds. The van der Waals surface area contributed by atoms with Crippen molar-refractivity contribution in [3.63, 3.8) is 0 Å². The second-order valence-electron chi connectivity index (χ2n) is 5.32. The van der Waals surface area contributed by atoms with E-state index in [0.717, 1.165) is 22.0 Å². The summed E-state index contributed by atoms with van der Waals surface area (Å²) in [7, 11) is 1.95. The van der Waals surface area contributed by atoms with Crippen LogP contribution < -0.4 is 0 Å². The van der Waals surface area contributed by atoms with Gasteiger partial charge in [0, 0.05) is 29.7 Å². The molecule has 1 saturated heterocycles. The molecule has 4 heteroatoms. The van der Waals surface area contributed by atoms with Gasteiger partial charge in [-0.05, 0) is 26.0 Å². The summed E-state index contributed by atoms with van der Waals surface area (Å²) in [6, 6.07) is 7.92. The standard InChI is InChI=1S/C17H15NO3/c1-10(2)15-13(16(19)21-17(15)20)8-11-9-18(3)14-7-5-4-6-12(11)14/h4-9H,1-3H3. The largest absolute Gasteiger partial charge is 0.386 e. The van der Waals surface area contributed by atoms with E-state index in [9.17, 15) is 9.59 Å². The lowest BCUT2D eigenvalue weighted by Crippen LogP contribution is -1.97. The molecule has 1 aliphatic heterocycles. The fraction of sp³-hybridized carbons (Fsp3) is 0.176. The van der Waals surface area contributed by atoms with E-state index < -0.39 is 11.9 Å². The maximum Gasteiger partial charge on any atom is 0.346 e. The zero-order valence-electron chi connectivity index (χ0n) is 12.1. The molecular formula is C17H15NO3. The Morgan fingerprint density at radius 2 is 1.86 bits per heavy atom. The highest BCUT2D eigenvalue weighted by Gasteiger charge is 2.34. The molecule has 0 N–H and O–H groups in total. The Bertz CT molecular complexity index is 833. The van der Waals surface area contributed by atoms with Gasteiger partial charge in [-0.2, -0.15) is 0 Å². The van der Waals surface area contributed by atoms with Gasteiger partial charge in [0.05, 0.1) is 11.1 Å². The number of cyclic esters (lactones) is 2. The third-order valence-electron chi connectivity index (χ3n) is 3.61. The van der Waals surface area contributed by atoms with E-state index in [1.165, 1.54) is 0 Å². The van der Waals surface area contributed by atoms with Gasteiger partial charge in [-0.25, -0.2) is 9.59 Å². The third-order valence-corrected chi connectivity index (χ3v) is 3.61. The molecule has 21 heavy (non-hydrogen) atoms. The van der Waals surface area contributed by atoms with Crippen LogP contribution in [0.3, 0.4) is 0 Å². The number of hydrogen-bond acceptors (Lipinski definition) is 3. The second kappa shape index (κ2) is 4.74. The van der Waals surface area contributed by atoms with Crippen LogP contribution in [0, 0.1) is 0 Å². The number of ether oxygens (including phenoxy) is 1. The van der Waals surface area contributed by atoms with Crippen molar-refractivity contribution in [2.75, 3.05) is 0 Å². The first-order valence-electron chi connectivity index (χ1n) is 6.69. The first-order chi connectivity index (χ1) is 9.99. The normalized spacial score (nSPS) is 16.9. The minimum atomic E-state index is -0.580. The van der Waals surface area contributed by atoms with E-state index in [2.05, 4.69) is 0 Å². The lowest BCUT2D eigenvalue weighted by Gasteiger charge is -1.97. The number of carbonyl (C=O) groups excluding carboxylic acids is 2. The van der Waals surface area contributed by atoms with Gasteiger partial charge in [0.2, 0.25) is 0 Å². The molecule has 3 rings (SSSR count). The first-order valence-corrected chi connectivity index (χ1v) is 6.69. The number of esters is 2. The summed E-state index contributed by atoms with van der Waals surface area (Å²) in [5.74, 6) is -1.14. The Hall–Kier alpha value is -2.62. The number of aryl methyl sites for hydroxylation is 1. The Morgan fingerprint density at radius 3 is 2.57 bits per heavy atom. The van der Waals surface area contributed by atoms with Gasteiger partial charge in [0.15, 0.2) is 0 Å². The summed E-state index contributed by atoms with van der Waals surface area (Å²) < 4.78 is 6.72. The fourth-order valence-corrected chi connectivity index (χ4v) is 2.65. The highest BCUT2D eigenvalue weighted by molar-refractivity contribution is 6.21. The fourth-order valence-electron chi connectivity index (χ4n) is 2.65. The van der Waals surface area contributed by atoms with Crippen LogP contribution in [0.15, 0.2) is 47.2 Å². The predicted octanol–water partition coefficient (Wildman–Crippen LogP) is 2.98. The van der Waals surface area contributed by atoms with Crippen molar-refractivity contribution in [3.05, 3.63) is 52.7 Å². The molecule has 0 radical (unpaired) electrons. The van der Waals surface area contributed by atoms with E-state index in [4.69, 9.17) is 4.74 Å².